The third-order valence-electron chi connectivity index (χ3n) is 0. The molecule has 0 saturated carbocycles. The molecule has 2 nitrogen and oxygen atoms in total. The molecule has 0 aliphatic rings. The summed E-state index contributed by atoms with van der Waals surface area (Å²) in [4.78, 5) is 7.72. The Bertz CT molecular complexity index is 30.6. The molecular formula is CHCo2O2. The Labute approximate surface area is 47.7 Å². The molecule has 0 aliphatic heterocycles. The van der Waals surface area contributed by atoms with E-state index >= 15 is 0 Å². The Morgan fingerprint density at radius 3 is 1.80 bits per heavy atom. The van der Waals surface area contributed by atoms with E-state index < -0.39 is 4.90 Å². The fourth-order valence-electron chi connectivity index (χ4n) is 0. The van der Waals surface area contributed by atoms with Crippen LogP contribution in [0.2, 0.25) is 0 Å². The second kappa shape index (κ2) is 4.48. The Morgan fingerprint density at radius 2 is 1.80 bits per heavy atom. The van der Waals surface area contributed by atoms with E-state index in [4.69, 9.17) is 9.90 Å². The van der Waals surface area contributed by atoms with Crippen molar-refractivity contribution in [3.63, 3.8) is 0 Å². The standard InChI is InChI=1S/CHO2.2Co/c2-1-3;;/h(H,2,3);;. The van der Waals surface area contributed by atoms with Crippen LogP contribution in [0.25, 0.3) is 0 Å². The monoisotopic (exact) mass is 163 g/mol. The van der Waals surface area contributed by atoms with Crippen LogP contribution in [0.5, 0.6) is 0 Å². The number of hydrogen-bond donors (Lipinski definition) is 1. The van der Waals surface area contributed by atoms with Crippen LogP contribution in [0.3, 0.4) is 0 Å². The van der Waals surface area contributed by atoms with Crippen LogP contribution in [-0.4, -0.2) is 10.0 Å². The zero-order valence-corrected chi connectivity index (χ0v) is 4.10. The summed E-state index contributed by atoms with van der Waals surface area (Å²) < 4.78 is 0. The van der Waals surface area contributed by atoms with Crippen molar-refractivity contribution in [2.45, 2.75) is 0 Å². The minimum Gasteiger partial charge on any atom is 0 e. The van der Waals surface area contributed by atoms with Gasteiger partial charge < -0.3 is 0 Å². The van der Waals surface area contributed by atoms with Gasteiger partial charge in [-0.2, -0.15) is 0 Å². The molecule has 0 unspecified atom stereocenters. The average Bonchev–Trinajstić information content (AvgIpc) is 0.811. The molecule has 0 atom stereocenters. The number of hydrogen-bond acceptors (Lipinski definition) is 1. The second-order valence-corrected chi connectivity index (χ2v) is 0.679. The molecule has 0 aromatic carbocycles. The van der Waals surface area contributed by atoms with Gasteiger partial charge in [0, 0.05) is 16.8 Å². The third-order valence-corrected chi connectivity index (χ3v) is 0. The third kappa shape index (κ3) is 118. The Morgan fingerprint density at radius 1 is 1.80 bits per heavy atom. The molecule has 0 spiro atoms. The van der Waals surface area contributed by atoms with E-state index in [1.807, 2.05) is 0 Å². The normalized spacial score (nSPS) is 5.20. The summed E-state index contributed by atoms with van der Waals surface area (Å²) in [6, 6.07) is 0. The molecule has 35 valence electrons. The summed E-state index contributed by atoms with van der Waals surface area (Å²) in [5, 5.41) is 7.28. The molecule has 0 aromatic heterocycles. The van der Waals surface area contributed by atoms with E-state index in [1.54, 1.807) is 0 Å². The van der Waals surface area contributed by atoms with Gasteiger partial charge in [-0.3, -0.25) is 0 Å². The minimum absolute atomic E-state index is 0. The largest absolute Gasteiger partial charge is 0 e. The fourth-order valence-corrected chi connectivity index (χ4v) is 0. The van der Waals surface area contributed by atoms with Crippen molar-refractivity contribution < 1.29 is 42.4 Å². The first kappa shape index (κ1) is 9.08. The van der Waals surface area contributed by atoms with E-state index in [-0.39, 0.29) is 16.8 Å². The van der Waals surface area contributed by atoms with Crippen LogP contribution in [0.15, 0.2) is 0 Å². The number of carboxylic acid groups (broad SMARTS) is 1. The zero-order chi connectivity index (χ0) is 3.58. The zero-order valence-electron chi connectivity index (χ0n) is 2.02. The van der Waals surface area contributed by atoms with Gasteiger partial charge >= 0.3 is 30.5 Å². The van der Waals surface area contributed by atoms with Gasteiger partial charge in [0.25, 0.3) is 0 Å². The molecule has 0 heterocycles. The first-order valence-electron chi connectivity index (χ1n) is 0.594. The topological polar surface area (TPSA) is 37.3 Å². The van der Waals surface area contributed by atoms with E-state index in [1.165, 1.54) is 0 Å². The van der Waals surface area contributed by atoms with Crippen LogP contribution in [-0.2, 0) is 32.5 Å². The van der Waals surface area contributed by atoms with Gasteiger partial charge in [-0.15, -0.1) is 0 Å². The van der Waals surface area contributed by atoms with E-state index in [2.05, 4.69) is 15.7 Å². The van der Waals surface area contributed by atoms with Crippen molar-refractivity contribution >= 4 is 4.90 Å². The van der Waals surface area contributed by atoms with Crippen molar-refractivity contribution in [3.8, 4) is 0 Å². The Balaban J connectivity index is 0. The molecule has 0 aliphatic carbocycles. The van der Waals surface area contributed by atoms with Gasteiger partial charge in [0.2, 0.25) is 0 Å². The van der Waals surface area contributed by atoms with Crippen molar-refractivity contribution in [1.29, 1.82) is 0 Å². The first-order chi connectivity index (χ1) is 1.73. The summed E-state index contributed by atoms with van der Waals surface area (Å²) in [7, 11) is 0. The first-order valence-corrected chi connectivity index (χ1v) is 1.11. The van der Waals surface area contributed by atoms with Crippen LogP contribution in [0.4, 0.5) is 4.79 Å². The molecule has 1 radical (unpaired) electrons. The predicted octanol–water partition coefficient (Wildman–Crippen LogP) is 0.209. The summed E-state index contributed by atoms with van der Waals surface area (Å²) in [5.74, 6) is 0. The average molecular weight is 163 g/mol. The minimum atomic E-state index is -1.15. The molecule has 1 N–H and O–H groups in total. The van der Waals surface area contributed by atoms with E-state index in [9.17, 15) is 0 Å². The van der Waals surface area contributed by atoms with Gasteiger partial charge in [-0.1, -0.05) is 0 Å². The van der Waals surface area contributed by atoms with Crippen molar-refractivity contribution in [3.05, 3.63) is 0 Å². The second-order valence-electron chi connectivity index (χ2n) is 0.234. The molecule has 5 heavy (non-hydrogen) atoms. The maximum absolute atomic E-state index is 8.86. The van der Waals surface area contributed by atoms with Crippen molar-refractivity contribution in [2.24, 2.45) is 0 Å². The number of rotatable bonds is 0. The quantitative estimate of drug-likeness (QED) is 0.553. The molecule has 0 saturated heterocycles. The summed E-state index contributed by atoms with van der Waals surface area (Å²) in [6.07, 6.45) is 0. The van der Waals surface area contributed by atoms with Gasteiger partial charge in [0.15, 0.2) is 0 Å². The smallest absolute Gasteiger partial charge is 0 e. The van der Waals surface area contributed by atoms with Gasteiger partial charge in [0.1, 0.15) is 0 Å². The molecule has 0 rings (SSSR count). The van der Waals surface area contributed by atoms with E-state index in [0.29, 0.717) is 0 Å². The molecule has 0 aromatic rings. The summed E-state index contributed by atoms with van der Waals surface area (Å²) in [6.45, 7) is 0. The van der Waals surface area contributed by atoms with E-state index in [0.717, 1.165) is 0 Å². The van der Waals surface area contributed by atoms with Crippen LogP contribution >= 0.6 is 0 Å². The van der Waals surface area contributed by atoms with Crippen molar-refractivity contribution in [1.82, 2.24) is 0 Å². The number of carbonyl (C=O) groups is 1. The Hall–Kier alpha value is 0.483. The molecule has 0 amide bonds. The SMILES string of the molecule is O=[C](O)[Co].[Co]. The van der Waals surface area contributed by atoms with Crippen molar-refractivity contribution in [2.75, 3.05) is 0 Å². The molecule has 0 fully saturated rings. The molecule has 4 heteroatoms. The maximum atomic E-state index is 8.86. The predicted molar refractivity (Wildman–Crippen MR) is 8.02 cm³/mol. The summed E-state index contributed by atoms with van der Waals surface area (Å²) >= 11 is 2.92. The van der Waals surface area contributed by atoms with Crippen LogP contribution in [0.1, 0.15) is 0 Å². The maximum Gasteiger partial charge on any atom is 0 e. The summed E-state index contributed by atoms with van der Waals surface area (Å²) in [5.41, 5.74) is 0. The van der Waals surface area contributed by atoms with Crippen LogP contribution < -0.4 is 0 Å². The Kier molecular flexibility index (Phi) is 8.14. The molecule has 0 bridgehead atoms. The molecular weight excluding hydrogens is 162 g/mol. The van der Waals surface area contributed by atoms with Gasteiger partial charge in [-0.05, 0) is 0 Å². The fraction of sp³-hybridized carbons (Fsp3) is 0. The van der Waals surface area contributed by atoms with Gasteiger partial charge in [-0.25, -0.2) is 0 Å². The van der Waals surface area contributed by atoms with Gasteiger partial charge in [0.05, 0.1) is 0 Å². The van der Waals surface area contributed by atoms with Crippen LogP contribution in [0, 0.1) is 0 Å².